The number of carboxylic acid groups (broad SMARTS) is 1. The van der Waals surface area contributed by atoms with Gasteiger partial charge in [-0.2, -0.15) is 0 Å². The molecule has 0 fully saturated rings. The highest BCUT2D eigenvalue weighted by Crippen LogP contribution is 2.33. The first-order chi connectivity index (χ1) is 11.4. The number of benzene rings is 2. The monoisotopic (exact) mass is 386 g/mol. The van der Waals surface area contributed by atoms with Gasteiger partial charge in [-0.25, -0.2) is 4.79 Å². The first-order valence-corrected chi connectivity index (χ1v) is 7.90. The molecule has 24 heavy (non-hydrogen) atoms. The first-order valence-electron chi connectivity index (χ1n) is 6.76. The number of ether oxygens (including phenoxy) is 2. The topological polar surface area (TPSA) is 55.8 Å². The molecule has 0 aliphatic heterocycles. The van der Waals surface area contributed by atoms with E-state index < -0.39 is 5.97 Å². The molecule has 0 bridgehead atoms. The quantitative estimate of drug-likeness (QED) is 0.537. The first kappa shape index (κ1) is 18.5. The van der Waals surface area contributed by atoms with E-state index in [1.807, 2.05) is 0 Å². The standard InChI is InChI=1S/C17H13Cl3O4/c1-23-11-4-2-10(3-7-16(21)22)15(8-11)24-9-12-13(18)5-6-14(19)17(12)20/h2-8H,9H2,1H3,(H,21,22). The largest absolute Gasteiger partial charge is 0.497 e. The van der Waals surface area contributed by atoms with E-state index >= 15 is 0 Å². The van der Waals surface area contributed by atoms with E-state index in [-0.39, 0.29) is 6.61 Å². The molecule has 0 amide bonds. The number of carboxylic acids is 1. The van der Waals surface area contributed by atoms with Crippen molar-refractivity contribution >= 4 is 46.8 Å². The third-order valence-electron chi connectivity index (χ3n) is 3.14. The molecule has 0 saturated heterocycles. The summed E-state index contributed by atoms with van der Waals surface area (Å²) in [4.78, 5) is 10.7. The van der Waals surface area contributed by atoms with E-state index in [1.165, 1.54) is 13.2 Å². The molecule has 0 aromatic heterocycles. The second-order valence-electron chi connectivity index (χ2n) is 4.69. The van der Waals surface area contributed by atoms with Crippen molar-refractivity contribution in [3.63, 3.8) is 0 Å². The van der Waals surface area contributed by atoms with E-state index in [4.69, 9.17) is 49.4 Å². The van der Waals surface area contributed by atoms with Crippen molar-refractivity contribution in [1.29, 1.82) is 0 Å². The zero-order chi connectivity index (χ0) is 17.7. The molecule has 0 aliphatic rings. The minimum Gasteiger partial charge on any atom is -0.497 e. The lowest BCUT2D eigenvalue weighted by Gasteiger charge is -2.13. The molecule has 2 rings (SSSR count). The fourth-order valence-electron chi connectivity index (χ4n) is 1.92. The molecule has 126 valence electrons. The van der Waals surface area contributed by atoms with Crippen LogP contribution in [0.1, 0.15) is 11.1 Å². The minimum atomic E-state index is -1.06. The molecule has 2 aromatic carbocycles. The van der Waals surface area contributed by atoms with Crippen LogP contribution in [0.5, 0.6) is 11.5 Å². The summed E-state index contributed by atoms with van der Waals surface area (Å²) in [6.07, 6.45) is 2.45. The molecule has 2 aromatic rings. The van der Waals surface area contributed by atoms with Crippen LogP contribution in [0.4, 0.5) is 0 Å². The van der Waals surface area contributed by atoms with Gasteiger partial charge < -0.3 is 14.6 Å². The lowest BCUT2D eigenvalue weighted by Crippen LogP contribution is -2.00. The number of methoxy groups -OCH3 is 1. The summed E-state index contributed by atoms with van der Waals surface area (Å²) in [5.41, 5.74) is 1.12. The van der Waals surface area contributed by atoms with Crippen LogP contribution in [0, 0.1) is 0 Å². The summed E-state index contributed by atoms with van der Waals surface area (Å²) >= 11 is 18.3. The van der Waals surface area contributed by atoms with Crippen LogP contribution >= 0.6 is 34.8 Å². The Labute approximate surface area is 154 Å². The van der Waals surface area contributed by atoms with E-state index in [1.54, 1.807) is 30.3 Å². The minimum absolute atomic E-state index is 0.0688. The van der Waals surface area contributed by atoms with Crippen LogP contribution in [0.25, 0.3) is 6.08 Å². The van der Waals surface area contributed by atoms with Crippen molar-refractivity contribution in [2.24, 2.45) is 0 Å². The normalized spacial score (nSPS) is 10.8. The summed E-state index contributed by atoms with van der Waals surface area (Å²) in [5.74, 6) is -0.0579. The summed E-state index contributed by atoms with van der Waals surface area (Å²) < 4.78 is 10.9. The summed E-state index contributed by atoms with van der Waals surface area (Å²) in [5, 5.41) is 9.89. The van der Waals surface area contributed by atoms with Gasteiger partial charge in [0, 0.05) is 28.3 Å². The maximum Gasteiger partial charge on any atom is 0.328 e. The Balaban J connectivity index is 2.31. The second-order valence-corrected chi connectivity index (χ2v) is 5.88. The van der Waals surface area contributed by atoms with Crippen LogP contribution in [-0.2, 0) is 11.4 Å². The van der Waals surface area contributed by atoms with Gasteiger partial charge in [0.05, 0.1) is 17.2 Å². The van der Waals surface area contributed by atoms with E-state index in [2.05, 4.69) is 0 Å². The Morgan fingerprint density at radius 2 is 1.88 bits per heavy atom. The zero-order valence-electron chi connectivity index (χ0n) is 12.6. The number of rotatable bonds is 6. The second kappa shape index (κ2) is 8.29. The third kappa shape index (κ3) is 4.57. The van der Waals surface area contributed by atoms with Crippen LogP contribution in [-0.4, -0.2) is 18.2 Å². The van der Waals surface area contributed by atoms with E-state index in [0.29, 0.717) is 37.7 Å². The molecule has 0 heterocycles. The molecule has 0 saturated carbocycles. The van der Waals surface area contributed by atoms with Crippen LogP contribution < -0.4 is 9.47 Å². The highest BCUT2D eigenvalue weighted by atomic mass is 35.5. The Morgan fingerprint density at radius 1 is 1.17 bits per heavy atom. The predicted octanol–water partition coefficient (Wildman–Crippen LogP) is 5.33. The molecule has 0 spiro atoms. The molecular formula is C17H13Cl3O4. The molecule has 0 aliphatic carbocycles. The molecule has 1 N–H and O–H groups in total. The molecule has 4 nitrogen and oxygen atoms in total. The Hall–Kier alpha value is -1.88. The fraction of sp³-hybridized carbons (Fsp3) is 0.118. The Kier molecular flexibility index (Phi) is 6.37. The van der Waals surface area contributed by atoms with Gasteiger partial charge in [0.1, 0.15) is 18.1 Å². The SMILES string of the molecule is COc1ccc(C=CC(=O)O)c(OCc2c(Cl)ccc(Cl)c2Cl)c1. The van der Waals surface area contributed by atoms with Gasteiger partial charge in [-0.05, 0) is 30.3 Å². The predicted molar refractivity (Wildman–Crippen MR) is 95.5 cm³/mol. The van der Waals surface area contributed by atoms with E-state index in [0.717, 1.165) is 6.08 Å². The highest BCUT2D eigenvalue weighted by molar-refractivity contribution is 6.44. The van der Waals surface area contributed by atoms with Gasteiger partial charge >= 0.3 is 5.97 Å². The smallest absolute Gasteiger partial charge is 0.328 e. The van der Waals surface area contributed by atoms with Crippen molar-refractivity contribution in [3.8, 4) is 11.5 Å². The maximum atomic E-state index is 10.7. The summed E-state index contributed by atoms with van der Waals surface area (Å²) in [6, 6.07) is 8.27. The Morgan fingerprint density at radius 3 is 2.54 bits per heavy atom. The van der Waals surface area contributed by atoms with Gasteiger partial charge in [0.15, 0.2) is 0 Å². The number of hydrogen-bond donors (Lipinski definition) is 1. The maximum absolute atomic E-state index is 10.7. The van der Waals surface area contributed by atoms with Crippen LogP contribution in [0.15, 0.2) is 36.4 Å². The summed E-state index contributed by atoms with van der Waals surface area (Å²) in [7, 11) is 1.52. The molecule has 0 atom stereocenters. The fourth-order valence-corrected chi connectivity index (χ4v) is 2.57. The lowest BCUT2D eigenvalue weighted by molar-refractivity contribution is -0.131. The summed E-state index contributed by atoms with van der Waals surface area (Å²) in [6.45, 7) is 0.0688. The highest BCUT2D eigenvalue weighted by Gasteiger charge is 2.12. The van der Waals surface area contributed by atoms with Crippen molar-refractivity contribution < 1.29 is 19.4 Å². The van der Waals surface area contributed by atoms with Crippen LogP contribution in [0.2, 0.25) is 15.1 Å². The zero-order valence-corrected chi connectivity index (χ0v) is 14.8. The molecule has 7 heteroatoms. The molecular weight excluding hydrogens is 375 g/mol. The molecule has 0 unspecified atom stereocenters. The van der Waals surface area contributed by atoms with Gasteiger partial charge in [0.2, 0.25) is 0 Å². The van der Waals surface area contributed by atoms with Gasteiger partial charge in [-0.15, -0.1) is 0 Å². The average Bonchev–Trinajstić information content (AvgIpc) is 2.56. The van der Waals surface area contributed by atoms with Crippen molar-refractivity contribution in [1.82, 2.24) is 0 Å². The van der Waals surface area contributed by atoms with Crippen molar-refractivity contribution in [2.75, 3.05) is 7.11 Å². The lowest BCUT2D eigenvalue weighted by atomic mass is 10.1. The number of halogens is 3. The Bertz CT molecular complexity index is 788. The number of aliphatic carboxylic acids is 1. The van der Waals surface area contributed by atoms with E-state index in [9.17, 15) is 4.79 Å². The average molecular weight is 388 g/mol. The van der Waals surface area contributed by atoms with Gasteiger partial charge in [-0.1, -0.05) is 34.8 Å². The van der Waals surface area contributed by atoms with Crippen molar-refractivity contribution in [2.45, 2.75) is 6.61 Å². The van der Waals surface area contributed by atoms with Crippen LogP contribution in [0.3, 0.4) is 0 Å². The third-order valence-corrected chi connectivity index (χ3v) is 4.33. The molecule has 0 radical (unpaired) electrons. The number of carbonyl (C=O) groups is 1. The van der Waals surface area contributed by atoms with Gasteiger partial charge in [0.25, 0.3) is 0 Å². The van der Waals surface area contributed by atoms with Gasteiger partial charge in [-0.3, -0.25) is 0 Å². The number of hydrogen-bond acceptors (Lipinski definition) is 3. The van der Waals surface area contributed by atoms with Crippen molar-refractivity contribution in [3.05, 3.63) is 62.6 Å².